The van der Waals surface area contributed by atoms with Crippen molar-refractivity contribution in [3.8, 4) is 5.75 Å². The Hall–Kier alpha value is -1.13. The average molecular weight is 239 g/mol. The van der Waals surface area contributed by atoms with Crippen molar-refractivity contribution < 1.29 is 13.9 Å². The second-order valence-corrected chi connectivity index (χ2v) is 4.34. The summed E-state index contributed by atoms with van der Waals surface area (Å²) in [5.41, 5.74) is 1.02. The zero-order valence-electron chi connectivity index (χ0n) is 10.2. The fourth-order valence-corrected chi connectivity index (χ4v) is 2.06. The second kappa shape index (κ2) is 5.47. The van der Waals surface area contributed by atoms with E-state index in [-0.39, 0.29) is 11.9 Å². The van der Waals surface area contributed by atoms with Crippen LogP contribution in [0.1, 0.15) is 24.9 Å². The third-order valence-corrected chi connectivity index (χ3v) is 3.09. The van der Waals surface area contributed by atoms with E-state index in [1.165, 1.54) is 13.2 Å². The van der Waals surface area contributed by atoms with Crippen LogP contribution in [-0.4, -0.2) is 26.4 Å². The first-order chi connectivity index (χ1) is 8.20. The molecule has 0 radical (unpaired) electrons. The van der Waals surface area contributed by atoms with Gasteiger partial charge in [0.1, 0.15) is 0 Å². The smallest absolute Gasteiger partial charge is 0.165 e. The molecular weight excluding hydrogens is 221 g/mol. The predicted molar refractivity (Wildman–Crippen MR) is 63.7 cm³/mol. The first-order valence-electron chi connectivity index (χ1n) is 5.88. The highest BCUT2D eigenvalue weighted by Crippen LogP contribution is 2.23. The van der Waals surface area contributed by atoms with Gasteiger partial charge in [-0.15, -0.1) is 0 Å². The average Bonchev–Trinajstić information content (AvgIpc) is 2.82. The lowest BCUT2D eigenvalue weighted by atomic mass is 10.1. The number of nitrogens with one attached hydrogen (secondary N) is 1. The van der Waals surface area contributed by atoms with E-state index in [2.05, 4.69) is 12.2 Å². The molecule has 0 spiro atoms. The van der Waals surface area contributed by atoms with Crippen LogP contribution < -0.4 is 10.1 Å². The molecule has 2 unspecified atom stereocenters. The molecule has 1 saturated heterocycles. The number of hydrogen-bond donors (Lipinski definition) is 1. The summed E-state index contributed by atoms with van der Waals surface area (Å²) in [6, 6.07) is 5.52. The zero-order chi connectivity index (χ0) is 12.3. The van der Waals surface area contributed by atoms with Crippen molar-refractivity contribution in [2.45, 2.75) is 25.4 Å². The maximum absolute atomic E-state index is 13.3. The molecule has 1 aromatic rings. The quantitative estimate of drug-likeness (QED) is 0.874. The first-order valence-corrected chi connectivity index (χ1v) is 5.88. The normalized spacial score (nSPS) is 21.5. The molecule has 0 saturated carbocycles. The monoisotopic (exact) mass is 239 g/mol. The summed E-state index contributed by atoms with van der Waals surface area (Å²) in [4.78, 5) is 0. The molecule has 1 heterocycles. The summed E-state index contributed by atoms with van der Waals surface area (Å²) in [6.07, 6.45) is 1.03. The topological polar surface area (TPSA) is 30.5 Å². The summed E-state index contributed by atoms with van der Waals surface area (Å²) in [7, 11) is 1.48. The third kappa shape index (κ3) is 2.96. The van der Waals surface area contributed by atoms with Gasteiger partial charge in [0.05, 0.1) is 13.7 Å². The molecule has 0 aromatic heterocycles. The van der Waals surface area contributed by atoms with Crippen molar-refractivity contribution in [3.05, 3.63) is 29.6 Å². The van der Waals surface area contributed by atoms with E-state index in [4.69, 9.17) is 9.47 Å². The van der Waals surface area contributed by atoms with Gasteiger partial charge in [-0.3, -0.25) is 0 Å². The fraction of sp³-hybridized carbons (Fsp3) is 0.538. The molecule has 17 heavy (non-hydrogen) atoms. The largest absolute Gasteiger partial charge is 0.494 e. The highest BCUT2D eigenvalue weighted by molar-refractivity contribution is 5.32. The van der Waals surface area contributed by atoms with Gasteiger partial charge in [-0.1, -0.05) is 6.07 Å². The summed E-state index contributed by atoms with van der Waals surface area (Å²) >= 11 is 0. The van der Waals surface area contributed by atoms with Crippen LogP contribution in [0.2, 0.25) is 0 Å². The van der Waals surface area contributed by atoms with Crippen LogP contribution >= 0.6 is 0 Å². The van der Waals surface area contributed by atoms with Gasteiger partial charge in [0.2, 0.25) is 0 Å². The van der Waals surface area contributed by atoms with E-state index < -0.39 is 0 Å². The SMILES string of the molecule is COc1cc(C(C)NC2CCOC2)ccc1F. The second-order valence-electron chi connectivity index (χ2n) is 4.34. The maximum atomic E-state index is 13.3. The van der Waals surface area contributed by atoms with Gasteiger partial charge in [-0.2, -0.15) is 0 Å². The number of halogens is 1. The van der Waals surface area contributed by atoms with E-state index in [0.29, 0.717) is 11.8 Å². The van der Waals surface area contributed by atoms with Crippen molar-refractivity contribution in [1.82, 2.24) is 5.32 Å². The van der Waals surface area contributed by atoms with Gasteiger partial charge in [-0.25, -0.2) is 4.39 Å². The minimum absolute atomic E-state index is 0.163. The Labute approximate surface area is 101 Å². The molecule has 1 fully saturated rings. The van der Waals surface area contributed by atoms with Gasteiger partial charge < -0.3 is 14.8 Å². The van der Waals surface area contributed by atoms with Gasteiger partial charge in [-0.05, 0) is 31.0 Å². The van der Waals surface area contributed by atoms with E-state index in [1.54, 1.807) is 12.1 Å². The number of ether oxygens (including phenoxy) is 2. The summed E-state index contributed by atoms with van der Waals surface area (Å²) < 4.78 is 23.6. The van der Waals surface area contributed by atoms with E-state index in [0.717, 1.165) is 25.2 Å². The Bertz CT molecular complexity index is 378. The van der Waals surface area contributed by atoms with Crippen LogP contribution in [0.25, 0.3) is 0 Å². The van der Waals surface area contributed by atoms with Crippen LogP contribution in [0.15, 0.2) is 18.2 Å². The molecule has 2 rings (SSSR count). The van der Waals surface area contributed by atoms with Crippen molar-refractivity contribution >= 4 is 0 Å². The number of benzene rings is 1. The standard InChI is InChI=1S/C13H18FNO2/c1-9(15-11-5-6-17-8-11)10-3-4-12(14)13(7-10)16-2/h3-4,7,9,11,15H,5-6,8H2,1-2H3. The Morgan fingerprint density at radius 3 is 3.00 bits per heavy atom. The highest BCUT2D eigenvalue weighted by Gasteiger charge is 2.18. The van der Waals surface area contributed by atoms with Crippen LogP contribution in [0.4, 0.5) is 4.39 Å². The molecule has 0 bridgehead atoms. The van der Waals surface area contributed by atoms with Crippen molar-refractivity contribution in [2.24, 2.45) is 0 Å². The Morgan fingerprint density at radius 2 is 2.35 bits per heavy atom. The molecule has 1 aromatic carbocycles. The molecule has 0 aliphatic carbocycles. The molecule has 94 valence electrons. The van der Waals surface area contributed by atoms with Crippen molar-refractivity contribution in [3.63, 3.8) is 0 Å². The number of methoxy groups -OCH3 is 1. The lowest BCUT2D eigenvalue weighted by Crippen LogP contribution is -2.31. The highest BCUT2D eigenvalue weighted by atomic mass is 19.1. The summed E-state index contributed by atoms with van der Waals surface area (Å²) in [6.45, 7) is 3.63. The molecule has 0 amide bonds. The molecular formula is C13H18FNO2. The molecule has 2 atom stereocenters. The minimum Gasteiger partial charge on any atom is -0.494 e. The van der Waals surface area contributed by atoms with E-state index in [1.807, 2.05) is 0 Å². The van der Waals surface area contributed by atoms with Gasteiger partial charge in [0.15, 0.2) is 11.6 Å². The Morgan fingerprint density at radius 1 is 1.53 bits per heavy atom. The Balaban J connectivity index is 2.04. The minimum atomic E-state index is -0.326. The zero-order valence-corrected chi connectivity index (χ0v) is 10.2. The summed E-state index contributed by atoms with van der Waals surface area (Å²) in [5, 5.41) is 3.46. The molecule has 3 nitrogen and oxygen atoms in total. The lowest BCUT2D eigenvalue weighted by Gasteiger charge is -2.19. The third-order valence-electron chi connectivity index (χ3n) is 3.09. The summed E-state index contributed by atoms with van der Waals surface area (Å²) in [5.74, 6) is -0.0357. The predicted octanol–water partition coefficient (Wildman–Crippen LogP) is 2.27. The van der Waals surface area contributed by atoms with Crippen LogP contribution in [-0.2, 0) is 4.74 Å². The van der Waals surface area contributed by atoms with Crippen molar-refractivity contribution in [2.75, 3.05) is 20.3 Å². The number of rotatable bonds is 4. The first kappa shape index (κ1) is 12.3. The van der Waals surface area contributed by atoms with Gasteiger partial charge >= 0.3 is 0 Å². The molecule has 1 N–H and O–H groups in total. The molecule has 1 aliphatic heterocycles. The van der Waals surface area contributed by atoms with Gasteiger partial charge in [0.25, 0.3) is 0 Å². The van der Waals surface area contributed by atoms with Crippen LogP contribution in [0, 0.1) is 5.82 Å². The van der Waals surface area contributed by atoms with Crippen LogP contribution in [0.5, 0.6) is 5.75 Å². The molecule has 1 aliphatic rings. The lowest BCUT2D eigenvalue weighted by molar-refractivity contribution is 0.188. The number of hydrogen-bond acceptors (Lipinski definition) is 3. The fourth-order valence-electron chi connectivity index (χ4n) is 2.06. The van der Waals surface area contributed by atoms with Gasteiger partial charge in [0, 0.05) is 18.7 Å². The maximum Gasteiger partial charge on any atom is 0.165 e. The van der Waals surface area contributed by atoms with Crippen LogP contribution in [0.3, 0.4) is 0 Å². The molecule has 4 heteroatoms. The Kier molecular flexibility index (Phi) is 3.97. The van der Waals surface area contributed by atoms with Crippen molar-refractivity contribution in [1.29, 1.82) is 0 Å². The van der Waals surface area contributed by atoms with E-state index >= 15 is 0 Å². The van der Waals surface area contributed by atoms with E-state index in [9.17, 15) is 4.39 Å².